The van der Waals surface area contributed by atoms with Gasteiger partial charge in [-0.15, -0.1) is 0 Å². The van der Waals surface area contributed by atoms with Gasteiger partial charge in [0, 0.05) is 37.8 Å². The van der Waals surface area contributed by atoms with Crippen LogP contribution in [0.2, 0.25) is 0 Å². The van der Waals surface area contributed by atoms with Crippen LogP contribution in [0.15, 0.2) is 0 Å². The van der Waals surface area contributed by atoms with Crippen molar-refractivity contribution in [2.24, 2.45) is 5.92 Å². The van der Waals surface area contributed by atoms with Gasteiger partial charge in [-0.2, -0.15) is 0 Å². The monoisotopic (exact) mass is 226 g/mol. The van der Waals surface area contributed by atoms with Gasteiger partial charge in [0.05, 0.1) is 13.2 Å². The normalized spacial score (nSPS) is 38.4. The van der Waals surface area contributed by atoms with Crippen LogP contribution in [-0.4, -0.2) is 60.8 Å². The molecule has 2 heterocycles. The quantitative estimate of drug-likeness (QED) is 0.708. The fraction of sp³-hybridized carbons (Fsp3) is 1.00. The second-order valence-corrected chi connectivity index (χ2v) is 5.89. The van der Waals surface area contributed by atoms with E-state index in [9.17, 15) is 0 Å². The Morgan fingerprint density at radius 2 is 1.81 bits per heavy atom. The zero-order chi connectivity index (χ0) is 11.8. The number of rotatable bonds is 2. The van der Waals surface area contributed by atoms with Crippen LogP contribution in [0.1, 0.15) is 27.7 Å². The van der Waals surface area contributed by atoms with Crippen LogP contribution in [0, 0.1) is 5.92 Å². The summed E-state index contributed by atoms with van der Waals surface area (Å²) in [6.07, 6.45) is 0. The van der Waals surface area contributed by atoms with Gasteiger partial charge in [-0.05, 0) is 26.7 Å². The summed E-state index contributed by atoms with van der Waals surface area (Å²) in [6, 6.07) is 0.687. The van der Waals surface area contributed by atoms with Crippen LogP contribution < -0.4 is 0 Å². The maximum Gasteiger partial charge on any atom is 0.0651 e. The summed E-state index contributed by atoms with van der Waals surface area (Å²) >= 11 is 0. The van der Waals surface area contributed by atoms with Gasteiger partial charge in [-0.25, -0.2) is 0 Å². The highest BCUT2D eigenvalue weighted by molar-refractivity contribution is 4.96. The Kier molecular flexibility index (Phi) is 3.57. The predicted molar refractivity (Wildman–Crippen MR) is 66.7 cm³/mol. The predicted octanol–water partition coefficient (Wildman–Crippen LogP) is 1.44. The Bertz CT molecular complexity index is 236. The van der Waals surface area contributed by atoms with Crippen molar-refractivity contribution in [2.45, 2.75) is 39.3 Å². The van der Waals surface area contributed by atoms with Crippen molar-refractivity contribution < 1.29 is 4.74 Å². The van der Waals surface area contributed by atoms with Crippen molar-refractivity contribution in [1.82, 2.24) is 9.80 Å². The fourth-order valence-electron chi connectivity index (χ4n) is 2.92. The highest BCUT2D eigenvalue weighted by atomic mass is 16.5. The number of hydrogen-bond acceptors (Lipinski definition) is 3. The van der Waals surface area contributed by atoms with E-state index in [1.807, 2.05) is 0 Å². The van der Waals surface area contributed by atoms with Crippen molar-refractivity contribution >= 4 is 0 Å². The average molecular weight is 226 g/mol. The SMILES string of the molecule is CC(C)N1CCN([C@@]2(C)COC[C@@H]2C)CC1. The molecular weight excluding hydrogens is 200 g/mol. The lowest BCUT2D eigenvalue weighted by Gasteiger charge is -2.46. The molecule has 2 aliphatic rings. The van der Waals surface area contributed by atoms with Gasteiger partial charge in [0.25, 0.3) is 0 Å². The first-order chi connectivity index (χ1) is 7.54. The molecule has 3 nitrogen and oxygen atoms in total. The van der Waals surface area contributed by atoms with E-state index in [4.69, 9.17) is 4.74 Å². The van der Waals surface area contributed by atoms with Crippen molar-refractivity contribution in [2.75, 3.05) is 39.4 Å². The molecule has 0 N–H and O–H groups in total. The van der Waals surface area contributed by atoms with E-state index in [1.54, 1.807) is 0 Å². The second-order valence-electron chi connectivity index (χ2n) is 5.89. The topological polar surface area (TPSA) is 15.7 Å². The molecule has 2 fully saturated rings. The molecule has 94 valence electrons. The molecule has 2 atom stereocenters. The van der Waals surface area contributed by atoms with Gasteiger partial charge in [0.15, 0.2) is 0 Å². The third-order valence-corrected chi connectivity index (χ3v) is 4.59. The summed E-state index contributed by atoms with van der Waals surface area (Å²) in [5.74, 6) is 0.665. The number of piperazine rings is 1. The fourth-order valence-corrected chi connectivity index (χ4v) is 2.92. The van der Waals surface area contributed by atoms with E-state index in [2.05, 4.69) is 37.5 Å². The molecule has 2 saturated heterocycles. The van der Waals surface area contributed by atoms with Gasteiger partial charge in [-0.1, -0.05) is 6.92 Å². The van der Waals surface area contributed by atoms with E-state index in [-0.39, 0.29) is 5.54 Å². The van der Waals surface area contributed by atoms with Crippen molar-refractivity contribution in [3.8, 4) is 0 Å². The second kappa shape index (κ2) is 4.63. The molecule has 0 aromatic carbocycles. The molecule has 2 aliphatic heterocycles. The summed E-state index contributed by atoms with van der Waals surface area (Å²) in [6.45, 7) is 15.9. The Morgan fingerprint density at radius 1 is 1.19 bits per heavy atom. The minimum atomic E-state index is 0.281. The summed E-state index contributed by atoms with van der Waals surface area (Å²) in [5, 5.41) is 0. The molecule has 16 heavy (non-hydrogen) atoms. The maximum atomic E-state index is 5.64. The summed E-state index contributed by atoms with van der Waals surface area (Å²) in [4.78, 5) is 5.21. The van der Waals surface area contributed by atoms with Crippen LogP contribution in [0.3, 0.4) is 0 Å². The lowest BCUT2D eigenvalue weighted by atomic mass is 9.88. The highest BCUT2D eigenvalue weighted by Crippen LogP contribution is 2.31. The van der Waals surface area contributed by atoms with E-state index in [0.29, 0.717) is 12.0 Å². The Balaban J connectivity index is 1.93. The zero-order valence-corrected chi connectivity index (χ0v) is 11.2. The third-order valence-electron chi connectivity index (χ3n) is 4.59. The van der Waals surface area contributed by atoms with E-state index < -0.39 is 0 Å². The Hall–Kier alpha value is -0.120. The van der Waals surface area contributed by atoms with Gasteiger partial charge in [0.1, 0.15) is 0 Å². The summed E-state index contributed by atoms with van der Waals surface area (Å²) in [7, 11) is 0. The molecule has 0 radical (unpaired) electrons. The smallest absolute Gasteiger partial charge is 0.0651 e. The third kappa shape index (κ3) is 2.13. The molecule has 0 aromatic rings. The molecule has 0 aliphatic carbocycles. The first-order valence-electron chi connectivity index (χ1n) is 6.61. The van der Waals surface area contributed by atoms with Crippen LogP contribution in [0.4, 0.5) is 0 Å². The lowest BCUT2D eigenvalue weighted by molar-refractivity contribution is 0.0117. The van der Waals surface area contributed by atoms with Crippen molar-refractivity contribution in [1.29, 1.82) is 0 Å². The molecule has 0 amide bonds. The van der Waals surface area contributed by atoms with Crippen LogP contribution in [-0.2, 0) is 4.74 Å². The molecular formula is C13H26N2O. The molecule has 0 spiro atoms. The number of nitrogens with zero attached hydrogens (tertiary/aromatic N) is 2. The molecule has 0 unspecified atom stereocenters. The molecule has 0 aromatic heterocycles. The minimum Gasteiger partial charge on any atom is -0.379 e. The summed E-state index contributed by atoms with van der Waals surface area (Å²) in [5.41, 5.74) is 0.281. The van der Waals surface area contributed by atoms with Gasteiger partial charge in [-0.3, -0.25) is 9.80 Å². The zero-order valence-electron chi connectivity index (χ0n) is 11.2. The molecule has 0 saturated carbocycles. The lowest BCUT2D eigenvalue weighted by Crippen LogP contribution is -2.59. The average Bonchev–Trinajstić information content (AvgIpc) is 2.61. The molecule has 3 heteroatoms. The Labute approximate surface area is 99.7 Å². The molecule has 2 rings (SSSR count). The standard InChI is InChI=1S/C13H26N2O/c1-11(2)14-5-7-15(8-6-14)13(4)10-16-9-12(13)3/h11-12H,5-10H2,1-4H3/t12-,13-/m0/s1. The largest absolute Gasteiger partial charge is 0.379 e. The van der Waals surface area contributed by atoms with Crippen LogP contribution in [0.5, 0.6) is 0 Å². The van der Waals surface area contributed by atoms with Gasteiger partial charge >= 0.3 is 0 Å². The van der Waals surface area contributed by atoms with Crippen LogP contribution in [0.25, 0.3) is 0 Å². The number of hydrogen-bond donors (Lipinski definition) is 0. The minimum absolute atomic E-state index is 0.281. The Morgan fingerprint density at radius 3 is 2.25 bits per heavy atom. The van der Waals surface area contributed by atoms with E-state index >= 15 is 0 Å². The maximum absolute atomic E-state index is 5.64. The van der Waals surface area contributed by atoms with Crippen molar-refractivity contribution in [3.05, 3.63) is 0 Å². The first-order valence-corrected chi connectivity index (χ1v) is 6.61. The van der Waals surface area contributed by atoms with E-state index in [1.165, 1.54) is 26.2 Å². The van der Waals surface area contributed by atoms with Gasteiger partial charge < -0.3 is 4.74 Å². The molecule has 0 bridgehead atoms. The summed E-state index contributed by atoms with van der Waals surface area (Å²) < 4.78 is 5.64. The van der Waals surface area contributed by atoms with Crippen LogP contribution >= 0.6 is 0 Å². The highest BCUT2D eigenvalue weighted by Gasteiger charge is 2.42. The van der Waals surface area contributed by atoms with Gasteiger partial charge in [0.2, 0.25) is 0 Å². The van der Waals surface area contributed by atoms with Crippen molar-refractivity contribution in [3.63, 3.8) is 0 Å². The first kappa shape index (κ1) is 12.3. The van der Waals surface area contributed by atoms with E-state index in [0.717, 1.165) is 13.2 Å². The number of ether oxygens (including phenoxy) is 1.